The lowest BCUT2D eigenvalue weighted by Gasteiger charge is -2.13. The minimum absolute atomic E-state index is 0.222. The van der Waals surface area contributed by atoms with Gasteiger partial charge in [0.25, 0.3) is 0 Å². The maximum atomic E-state index is 12.7. The van der Waals surface area contributed by atoms with Crippen LogP contribution in [0, 0.1) is 3.57 Å². The lowest BCUT2D eigenvalue weighted by molar-refractivity contribution is 0.0982. The Kier molecular flexibility index (Phi) is 5.85. The molecule has 2 rings (SSSR count). The molecule has 0 amide bonds. The Hall–Kier alpha value is -1.53. The van der Waals surface area contributed by atoms with Crippen LogP contribution >= 0.6 is 34.2 Å². The molecule has 0 fully saturated rings. The van der Waals surface area contributed by atoms with E-state index in [1.54, 1.807) is 35.4 Å². The van der Waals surface area contributed by atoms with Gasteiger partial charge in [0.2, 0.25) is 5.78 Å². The third kappa shape index (κ3) is 4.48. The molecule has 0 spiro atoms. The van der Waals surface area contributed by atoms with Crippen molar-refractivity contribution in [2.75, 3.05) is 14.1 Å². The van der Waals surface area contributed by atoms with Crippen LogP contribution in [0.3, 0.4) is 0 Å². The fourth-order valence-electron chi connectivity index (χ4n) is 1.77. The number of hydrogen-bond donors (Lipinski definition) is 0. The van der Waals surface area contributed by atoms with Gasteiger partial charge in [0.1, 0.15) is 5.75 Å². The van der Waals surface area contributed by atoms with E-state index in [1.165, 1.54) is 0 Å². The molecule has 2 aromatic carbocycles. The van der Waals surface area contributed by atoms with Crippen LogP contribution in [0.5, 0.6) is 5.75 Å². The van der Waals surface area contributed by atoms with Crippen LogP contribution in [0.1, 0.15) is 10.4 Å². The standard InChI is InChI=1S/C17H15ClINO2/c1-20(2)11-16(22-13-9-7-12(19)8-10-13)17(21)14-5-3-4-6-15(14)18/h3-11H,1-2H3/b16-11-. The van der Waals surface area contributed by atoms with Crippen molar-refractivity contribution in [2.45, 2.75) is 0 Å². The Labute approximate surface area is 148 Å². The second-order valence-electron chi connectivity index (χ2n) is 4.82. The van der Waals surface area contributed by atoms with Gasteiger partial charge in [0, 0.05) is 29.4 Å². The van der Waals surface area contributed by atoms with E-state index in [2.05, 4.69) is 22.6 Å². The van der Waals surface area contributed by atoms with Crippen molar-refractivity contribution in [3.63, 3.8) is 0 Å². The number of rotatable bonds is 5. The first kappa shape index (κ1) is 16.8. The van der Waals surface area contributed by atoms with E-state index in [1.807, 2.05) is 38.4 Å². The van der Waals surface area contributed by atoms with Gasteiger partial charge >= 0.3 is 0 Å². The second-order valence-corrected chi connectivity index (χ2v) is 6.47. The molecule has 0 aliphatic carbocycles. The molecule has 0 radical (unpaired) electrons. The summed E-state index contributed by atoms with van der Waals surface area (Å²) in [4.78, 5) is 14.4. The molecule has 114 valence electrons. The maximum absolute atomic E-state index is 12.7. The molecule has 0 unspecified atom stereocenters. The van der Waals surface area contributed by atoms with Gasteiger partial charge in [-0.2, -0.15) is 0 Å². The Morgan fingerprint density at radius 2 is 1.77 bits per heavy atom. The van der Waals surface area contributed by atoms with E-state index in [0.717, 1.165) is 3.57 Å². The molecule has 0 aliphatic heterocycles. The highest BCUT2D eigenvalue weighted by atomic mass is 127. The predicted octanol–water partition coefficient (Wildman–Crippen LogP) is 4.61. The Morgan fingerprint density at radius 1 is 1.14 bits per heavy atom. The molecule has 0 saturated heterocycles. The Balaban J connectivity index is 2.33. The number of carbonyl (C=O) groups excluding carboxylic acids is 1. The molecule has 0 heterocycles. The van der Waals surface area contributed by atoms with Gasteiger partial charge in [-0.25, -0.2) is 0 Å². The third-order valence-corrected chi connectivity index (χ3v) is 3.81. The van der Waals surface area contributed by atoms with E-state index >= 15 is 0 Å². The highest BCUT2D eigenvalue weighted by Gasteiger charge is 2.18. The zero-order chi connectivity index (χ0) is 16.1. The minimum atomic E-state index is -0.252. The number of Topliss-reactive ketones (excluding diaryl/α,β-unsaturated/α-hetero) is 1. The number of benzene rings is 2. The van der Waals surface area contributed by atoms with E-state index < -0.39 is 0 Å². The summed E-state index contributed by atoms with van der Waals surface area (Å²) in [5.74, 6) is 0.575. The topological polar surface area (TPSA) is 29.5 Å². The van der Waals surface area contributed by atoms with Crippen molar-refractivity contribution in [1.29, 1.82) is 0 Å². The first-order valence-electron chi connectivity index (χ1n) is 6.58. The molecule has 22 heavy (non-hydrogen) atoms. The van der Waals surface area contributed by atoms with Crippen LogP contribution in [-0.2, 0) is 0 Å². The van der Waals surface area contributed by atoms with E-state index in [0.29, 0.717) is 16.3 Å². The second kappa shape index (κ2) is 7.65. The summed E-state index contributed by atoms with van der Waals surface area (Å²) in [5, 5.41) is 0.406. The lowest BCUT2D eigenvalue weighted by Crippen LogP contribution is -2.15. The molecule has 2 aromatic rings. The van der Waals surface area contributed by atoms with Crippen molar-refractivity contribution in [3.05, 3.63) is 74.6 Å². The highest BCUT2D eigenvalue weighted by Crippen LogP contribution is 2.22. The van der Waals surface area contributed by atoms with E-state index in [-0.39, 0.29) is 11.5 Å². The third-order valence-electron chi connectivity index (χ3n) is 2.76. The molecule has 0 bridgehead atoms. The summed E-state index contributed by atoms with van der Waals surface area (Å²) < 4.78 is 6.86. The van der Waals surface area contributed by atoms with Crippen LogP contribution in [0.2, 0.25) is 5.02 Å². The van der Waals surface area contributed by atoms with Gasteiger partial charge < -0.3 is 9.64 Å². The van der Waals surface area contributed by atoms with Crippen molar-refractivity contribution in [3.8, 4) is 5.75 Å². The van der Waals surface area contributed by atoms with Crippen molar-refractivity contribution < 1.29 is 9.53 Å². The van der Waals surface area contributed by atoms with Crippen LogP contribution < -0.4 is 4.74 Å². The number of allylic oxidation sites excluding steroid dienone is 1. The van der Waals surface area contributed by atoms with Crippen molar-refractivity contribution in [1.82, 2.24) is 4.90 Å². The van der Waals surface area contributed by atoms with Gasteiger partial charge in [0.15, 0.2) is 5.76 Å². The average molecular weight is 428 g/mol. The van der Waals surface area contributed by atoms with Crippen molar-refractivity contribution >= 4 is 40.0 Å². The van der Waals surface area contributed by atoms with Gasteiger partial charge in [-0.1, -0.05) is 23.7 Å². The van der Waals surface area contributed by atoms with Crippen LogP contribution in [-0.4, -0.2) is 24.8 Å². The number of ketones is 1. The minimum Gasteiger partial charge on any atom is -0.452 e. The average Bonchev–Trinajstić information content (AvgIpc) is 2.48. The van der Waals surface area contributed by atoms with Gasteiger partial charge in [-0.05, 0) is 59.0 Å². The Morgan fingerprint density at radius 3 is 2.36 bits per heavy atom. The number of halogens is 2. The molecule has 5 heteroatoms. The normalized spacial score (nSPS) is 11.2. The summed E-state index contributed by atoms with van der Waals surface area (Å²) in [6, 6.07) is 14.4. The van der Waals surface area contributed by atoms with Crippen LogP contribution in [0.25, 0.3) is 0 Å². The SMILES string of the molecule is CN(C)/C=C(\Oc1ccc(I)cc1)C(=O)c1ccccc1Cl. The van der Waals surface area contributed by atoms with Gasteiger partial charge in [0.05, 0.1) is 5.02 Å². The fraction of sp³-hybridized carbons (Fsp3) is 0.118. The molecular formula is C17H15ClINO2. The molecule has 0 aromatic heterocycles. The van der Waals surface area contributed by atoms with Gasteiger partial charge in [-0.3, -0.25) is 4.79 Å². The Bertz CT molecular complexity index is 696. The summed E-state index contributed by atoms with van der Waals surface area (Å²) in [6.45, 7) is 0. The molecule has 0 aliphatic rings. The van der Waals surface area contributed by atoms with Crippen LogP contribution in [0.15, 0.2) is 60.5 Å². The van der Waals surface area contributed by atoms with E-state index in [4.69, 9.17) is 16.3 Å². The zero-order valence-electron chi connectivity index (χ0n) is 12.2. The highest BCUT2D eigenvalue weighted by molar-refractivity contribution is 14.1. The van der Waals surface area contributed by atoms with Gasteiger partial charge in [-0.15, -0.1) is 0 Å². The van der Waals surface area contributed by atoms with Crippen LogP contribution in [0.4, 0.5) is 0 Å². The number of ether oxygens (including phenoxy) is 1. The summed E-state index contributed by atoms with van der Waals surface area (Å²) in [7, 11) is 3.66. The van der Waals surface area contributed by atoms with E-state index in [9.17, 15) is 4.79 Å². The molecular weight excluding hydrogens is 413 g/mol. The lowest BCUT2D eigenvalue weighted by atomic mass is 10.1. The molecule has 0 atom stereocenters. The first-order chi connectivity index (χ1) is 10.5. The number of carbonyl (C=O) groups is 1. The number of nitrogens with zero attached hydrogens (tertiary/aromatic N) is 1. The smallest absolute Gasteiger partial charge is 0.231 e. The molecule has 0 N–H and O–H groups in total. The first-order valence-corrected chi connectivity index (χ1v) is 8.04. The fourth-order valence-corrected chi connectivity index (χ4v) is 2.35. The summed E-state index contributed by atoms with van der Waals surface area (Å²) in [6.07, 6.45) is 1.64. The summed E-state index contributed by atoms with van der Waals surface area (Å²) in [5.41, 5.74) is 0.419. The largest absolute Gasteiger partial charge is 0.452 e. The molecule has 0 saturated carbocycles. The predicted molar refractivity (Wildman–Crippen MR) is 97.3 cm³/mol. The molecule has 3 nitrogen and oxygen atoms in total. The number of hydrogen-bond acceptors (Lipinski definition) is 3. The summed E-state index contributed by atoms with van der Waals surface area (Å²) >= 11 is 8.32. The maximum Gasteiger partial charge on any atom is 0.231 e. The quantitative estimate of drug-likeness (QED) is 0.302. The zero-order valence-corrected chi connectivity index (χ0v) is 15.1. The van der Waals surface area contributed by atoms with Crippen molar-refractivity contribution in [2.24, 2.45) is 0 Å². The monoisotopic (exact) mass is 427 g/mol.